The number of aromatic nitrogens is 1. The molecule has 0 aliphatic heterocycles. The van der Waals surface area contributed by atoms with Crippen LogP contribution in [-0.4, -0.2) is 22.4 Å². The van der Waals surface area contributed by atoms with Gasteiger partial charge in [-0.1, -0.05) is 30.4 Å². The SMILES string of the molecule is CCc1ccc2nc(NC(=O)CSc3ccc(C(C)=O)cc3F)sc2c1. The average molecular weight is 388 g/mol. The van der Waals surface area contributed by atoms with Crippen LogP contribution >= 0.6 is 23.1 Å². The van der Waals surface area contributed by atoms with Crippen LogP contribution in [0, 0.1) is 5.82 Å². The average Bonchev–Trinajstić information content (AvgIpc) is 3.01. The zero-order valence-electron chi connectivity index (χ0n) is 14.3. The van der Waals surface area contributed by atoms with E-state index in [9.17, 15) is 14.0 Å². The van der Waals surface area contributed by atoms with Gasteiger partial charge in [-0.05, 0) is 43.2 Å². The molecule has 1 aromatic heterocycles. The first-order valence-corrected chi connectivity index (χ1v) is 9.89. The fourth-order valence-electron chi connectivity index (χ4n) is 2.38. The summed E-state index contributed by atoms with van der Waals surface area (Å²) >= 11 is 2.51. The van der Waals surface area contributed by atoms with Crippen LogP contribution in [0.5, 0.6) is 0 Å². The summed E-state index contributed by atoms with van der Waals surface area (Å²) in [7, 11) is 0. The maximum absolute atomic E-state index is 14.0. The first-order chi connectivity index (χ1) is 12.5. The lowest BCUT2D eigenvalue weighted by Gasteiger charge is -2.04. The largest absolute Gasteiger partial charge is 0.301 e. The van der Waals surface area contributed by atoms with E-state index in [1.165, 1.54) is 36.0 Å². The number of thioether (sulfide) groups is 1. The highest BCUT2D eigenvalue weighted by Gasteiger charge is 2.12. The molecule has 134 valence electrons. The van der Waals surface area contributed by atoms with Crippen molar-refractivity contribution < 1.29 is 14.0 Å². The van der Waals surface area contributed by atoms with Crippen molar-refractivity contribution in [1.82, 2.24) is 4.98 Å². The Balaban J connectivity index is 1.63. The Morgan fingerprint density at radius 1 is 1.23 bits per heavy atom. The third-order valence-electron chi connectivity index (χ3n) is 3.80. The Morgan fingerprint density at radius 3 is 2.73 bits per heavy atom. The summed E-state index contributed by atoms with van der Waals surface area (Å²) in [5, 5.41) is 3.29. The molecule has 0 saturated carbocycles. The van der Waals surface area contributed by atoms with Gasteiger partial charge >= 0.3 is 0 Å². The van der Waals surface area contributed by atoms with E-state index in [1.807, 2.05) is 12.1 Å². The Morgan fingerprint density at radius 2 is 2.04 bits per heavy atom. The maximum Gasteiger partial charge on any atom is 0.236 e. The molecule has 0 atom stereocenters. The zero-order chi connectivity index (χ0) is 18.7. The number of nitrogens with one attached hydrogen (secondary N) is 1. The van der Waals surface area contributed by atoms with Crippen molar-refractivity contribution in [2.75, 3.05) is 11.1 Å². The molecule has 0 aliphatic carbocycles. The summed E-state index contributed by atoms with van der Waals surface area (Å²) in [6, 6.07) is 10.3. The van der Waals surface area contributed by atoms with E-state index in [0.29, 0.717) is 15.6 Å². The predicted molar refractivity (Wildman–Crippen MR) is 105 cm³/mol. The number of thiazole rings is 1. The minimum Gasteiger partial charge on any atom is -0.301 e. The number of benzene rings is 2. The number of amides is 1. The number of rotatable bonds is 6. The Labute approximate surface area is 158 Å². The summed E-state index contributed by atoms with van der Waals surface area (Å²) in [5.74, 6) is -0.880. The van der Waals surface area contributed by atoms with Crippen molar-refractivity contribution in [2.45, 2.75) is 25.2 Å². The van der Waals surface area contributed by atoms with Crippen LogP contribution in [0.2, 0.25) is 0 Å². The third kappa shape index (κ3) is 4.28. The van der Waals surface area contributed by atoms with Gasteiger partial charge in [-0.25, -0.2) is 9.37 Å². The molecule has 3 rings (SSSR count). The molecule has 1 amide bonds. The van der Waals surface area contributed by atoms with Gasteiger partial charge in [-0.2, -0.15) is 0 Å². The van der Waals surface area contributed by atoms with E-state index in [-0.39, 0.29) is 17.4 Å². The number of hydrogen-bond donors (Lipinski definition) is 1. The smallest absolute Gasteiger partial charge is 0.236 e. The Bertz CT molecular complexity index is 985. The number of carbonyl (C=O) groups excluding carboxylic acids is 2. The van der Waals surface area contributed by atoms with Gasteiger partial charge in [0.2, 0.25) is 5.91 Å². The van der Waals surface area contributed by atoms with E-state index in [2.05, 4.69) is 23.3 Å². The van der Waals surface area contributed by atoms with Crippen LogP contribution in [0.3, 0.4) is 0 Å². The van der Waals surface area contributed by atoms with Crippen molar-refractivity contribution in [3.05, 3.63) is 53.3 Å². The molecule has 1 N–H and O–H groups in total. The summed E-state index contributed by atoms with van der Waals surface area (Å²) in [4.78, 5) is 28.1. The molecule has 0 spiro atoms. The number of Topliss-reactive ketones (excluding diaryl/α,β-unsaturated/α-hetero) is 1. The Hall–Kier alpha value is -2.25. The number of nitrogens with zero attached hydrogens (tertiary/aromatic N) is 1. The highest BCUT2D eigenvalue weighted by atomic mass is 32.2. The van der Waals surface area contributed by atoms with Gasteiger partial charge in [0.15, 0.2) is 10.9 Å². The van der Waals surface area contributed by atoms with Gasteiger partial charge in [-0.15, -0.1) is 11.8 Å². The monoisotopic (exact) mass is 388 g/mol. The van der Waals surface area contributed by atoms with Gasteiger partial charge in [0.05, 0.1) is 16.0 Å². The van der Waals surface area contributed by atoms with Crippen molar-refractivity contribution in [2.24, 2.45) is 0 Å². The molecule has 0 saturated heterocycles. The van der Waals surface area contributed by atoms with Crippen molar-refractivity contribution in [3.8, 4) is 0 Å². The minimum absolute atomic E-state index is 0.0620. The lowest BCUT2D eigenvalue weighted by Crippen LogP contribution is -2.13. The third-order valence-corrected chi connectivity index (χ3v) is 5.79. The molecule has 2 aromatic carbocycles. The molecule has 7 heteroatoms. The van der Waals surface area contributed by atoms with Crippen LogP contribution in [0.1, 0.15) is 29.8 Å². The molecule has 1 heterocycles. The van der Waals surface area contributed by atoms with Gasteiger partial charge in [-0.3, -0.25) is 9.59 Å². The highest BCUT2D eigenvalue weighted by Crippen LogP contribution is 2.28. The number of carbonyl (C=O) groups is 2. The van der Waals surface area contributed by atoms with Gasteiger partial charge in [0.25, 0.3) is 0 Å². The first-order valence-electron chi connectivity index (χ1n) is 8.09. The predicted octanol–water partition coefficient (Wildman–Crippen LogP) is 4.93. The fraction of sp³-hybridized carbons (Fsp3) is 0.211. The normalized spacial score (nSPS) is 10.9. The number of halogens is 1. The van der Waals surface area contributed by atoms with Crippen LogP contribution in [0.15, 0.2) is 41.3 Å². The molecule has 0 radical (unpaired) electrons. The quantitative estimate of drug-likeness (QED) is 0.480. The molecule has 0 unspecified atom stereocenters. The number of fused-ring (bicyclic) bond motifs is 1. The van der Waals surface area contributed by atoms with Crippen LogP contribution in [0.25, 0.3) is 10.2 Å². The molecular weight excluding hydrogens is 371 g/mol. The molecule has 0 fully saturated rings. The van der Waals surface area contributed by atoms with Crippen LogP contribution in [0.4, 0.5) is 9.52 Å². The number of ketones is 1. The van der Waals surface area contributed by atoms with E-state index in [4.69, 9.17) is 0 Å². The van der Waals surface area contributed by atoms with E-state index < -0.39 is 5.82 Å². The second kappa shape index (κ2) is 7.97. The zero-order valence-corrected chi connectivity index (χ0v) is 16.0. The van der Waals surface area contributed by atoms with Crippen molar-refractivity contribution in [1.29, 1.82) is 0 Å². The molecule has 4 nitrogen and oxygen atoms in total. The van der Waals surface area contributed by atoms with E-state index in [1.54, 1.807) is 6.07 Å². The number of hydrogen-bond acceptors (Lipinski definition) is 5. The van der Waals surface area contributed by atoms with Gasteiger partial charge < -0.3 is 5.32 Å². The topological polar surface area (TPSA) is 59.1 Å². The molecule has 26 heavy (non-hydrogen) atoms. The van der Waals surface area contributed by atoms with Crippen molar-refractivity contribution >= 4 is 50.1 Å². The Kier molecular flexibility index (Phi) is 5.68. The van der Waals surface area contributed by atoms with Crippen LogP contribution in [-0.2, 0) is 11.2 Å². The number of aryl methyl sites for hydroxylation is 1. The van der Waals surface area contributed by atoms with Gasteiger partial charge in [0, 0.05) is 10.5 Å². The lowest BCUT2D eigenvalue weighted by atomic mass is 10.1. The van der Waals surface area contributed by atoms with E-state index >= 15 is 0 Å². The second-order valence-corrected chi connectivity index (χ2v) is 7.76. The standard InChI is InChI=1S/C19H17FN2O2S2/c1-3-12-4-6-15-17(8-12)26-19(21-15)22-18(24)10-25-16-7-5-13(11(2)23)9-14(16)20/h4-9H,3,10H2,1-2H3,(H,21,22,24). The number of anilines is 1. The summed E-state index contributed by atoms with van der Waals surface area (Å²) in [5.41, 5.74) is 2.39. The maximum atomic E-state index is 14.0. The highest BCUT2D eigenvalue weighted by molar-refractivity contribution is 8.00. The summed E-state index contributed by atoms with van der Waals surface area (Å²) in [6.45, 7) is 3.47. The molecular formula is C19H17FN2O2S2. The second-order valence-electron chi connectivity index (χ2n) is 5.71. The summed E-state index contributed by atoms with van der Waals surface area (Å²) in [6.07, 6.45) is 0.945. The molecule has 0 aliphatic rings. The molecule has 0 bridgehead atoms. The lowest BCUT2D eigenvalue weighted by molar-refractivity contribution is -0.113. The van der Waals surface area contributed by atoms with E-state index in [0.717, 1.165) is 28.4 Å². The minimum atomic E-state index is -0.498. The van der Waals surface area contributed by atoms with Gasteiger partial charge in [0.1, 0.15) is 5.82 Å². The summed E-state index contributed by atoms with van der Waals surface area (Å²) < 4.78 is 15.0. The first kappa shape index (κ1) is 18.5. The van der Waals surface area contributed by atoms with Crippen molar-refractivity contribution in [3.63, 3.8) is 0 Å². The molecule has 3 aromatic rings. The fourth-order valence-corrected chi connectivity index (χ4v) is 4.04. The van der Waals surface area contributed by atoms with Crippen LogP contribution < -0.4 is 5.32 Å².